The van der Waals surface area contributed by atoms with Crippen LogP contribution < -0.4 is 4.90 Å². The number of aryl methyl sites for hydroxylation is 1. The zero-order valence-electron chi connectivity index (χ0n) is 12.9. The topological polar surface area (TPSA) is 58.4 Å². The van der Waals surface area contributed by atoms with E-state index >= 15 is 0 Å². The first-order valence-corrected chi connectivity index (χ1v) is 7.41. The molecule has 3 heterocycles. The molecular weight excluding hydrogens is 266 g/mol. The van der Waals surface area contributed by atoms with Gasteiger partial charge in [0.15, 0.2) is 0 Å². The lowest BCUT2D eigenvalue weighted by molar-refractivity contribution is -0.0401. The third-order valence-electron chi connectivity index (χ3n) is 4.20. The monoisotopic (exact) mass is 287 g/mol. The minimum absolute atomic E-state index is 0.228. The Hall–Kier alpha value is -1.64. The maximum Gasteiger partial charge on any atom is 0.134 e. The predicted molar refractivity (Wildman–Crippen MR) is 79.3 cm³/mol. The molecule has 0 aliphatic carbocycles. The molecule has 0 spiro atoms. The molecule has 112 valence electrons. The number of fused-ring (bicyclic) bond motifs is 1. The van der Waals surface area contributed by atoms with Gasteiger partial charge in [-0.15, -0.1) is 0 Å². The molecule has 0 amide bonds. The van der Waals surface area contributed by atoms with Gasteiger partial charge >= 0.3 is 0 Å². The first-order chi connectivity index (χ1) is 10.0. The largest absolute Gasteiger partial charge is 0.378 e. The Morgan fingerprint density at radius 3 is 2.62 bits per heavy atom. The third-order valence-corrected chi connectivity index (χ3v) is 4.20. The second-order valence-corrected chi connectivity index (χ2v) is 6.29. The average molecular weight is 287 g/mol. The van der Waals surface area contributed by atoms with Gasteiger partial charge in [-0.3, -0.25) is 0 Å². The van der Waals surface area contributed by atoms with Gasteiger partial charge in [-0.1, -0.05) is 0 Å². The van der Waals surface area contributed by atoms with Crippen LogP contribution in [0, 0.1) is 18.3 Å². The number of aromatic nitrogens is 1. The molecule has 0 saturated carbocycles. The molecule has 0 unspecified atom stereocenters. The van der Waals surface area contributed by atoms with Gasteiger partial charge in [0.1, 0.15) is 11.9 Å². The van der Waals surface area contributed by atoms with Crippen LogP contribution in [0.15, 0.2) is 0 Å². The van der Waals surface area contributed by atoms with Crippen molar-refractivity contribution in [3.05, 3.63) is 22.4 Å². The number of hydrogen-bond acceptors (Lipinski definition) is 5. The number of nitrogens with zero attached hydrogens (tertiary/aromatic N) is 3. The van der Waals surface area contributed by atoms with Crippen LogP contribution in [0.3, 0.4) is 0 Å². The summed E-state index contributed by atoms with van der Waals surface area (Å²) in [6.07, 6.45) is 0.756. The normalized spacial score (nSPS) is 20.8. The SMILES string of the molecule is Cc1nc(N2CCOCC2)c2c(c1C#N)CC(C)(C)OC2. The molecule has 1 aromatic heterocycles. The summed E-state index contributed by atoms with van der Waals surface area (Å²) in [6.45, 7) is 9.72. The summed E-state index contributed by atoms with van der Waals surface area (Å²) in [5.74, 6) is 0.973. The number of ether oxygens (including phenoxy) is 2. The van der Waals surface area contributed by atoms with Crippen LogP contribution in [0.1, 0.15) is 36.2 Å². The van der Waals surface area contributed by atoms with E-state index in [1.807, 2.05) is 6.92 Å². The van der Waals surface area contributed by atoms with E-state index in [0.717, 1.165) is 60.9 Å². The summed E-state index contributed by atoms with van der Waals surface area (Å²) in [5.41, 5.74) is 3.50. The van der Waals surface area contributed by atoms with Gasteiger partial charge in [-0.05, 0) is 26.3 Å². The molecule has 3 rings (SSSR count). The van der Waals surface area contributed by atoms with E-state index in [4.69, 9.17) is 14.5 Å². The molecule has 0 atom stereocenters. The van der Waals surface area contributed by atoms with Crippen LogP contribution in [-0.4, -0.2) is 36.9 Å². The minimum Gasteiger partial charge on any atom is -0.378 e. The Balaban J connectivity index is 2.10. The van der Waals surface area contributed by atoms with Gasteiger partial charge in [0, 0.05) is 25.1 Å². The molecule has 1 saturated heterocycles. The molecule has 5 nitrogen and oxygen atoms in total. The van der Waals surface area contributed by atoms with Gasteiger partial charge in [0.25, 0.3) is 0 Å². The van der Waals surface area contributed by atoms with Crippen molar-refractivity contribution in [2.75, 3.05) is 31.2 Å². The lowest BCUT2D eigenvalue weighted by atomic mass is 9.88. The Labute approximate surface area is 125 Å². The fourth-order valence-corrected chi connectivity index (χ4v) is 3.06. The van der Waals surface area contributed by atoms with Crippen molar-refractivity contribution in [3.63, 3.8) is 0 Å². The molecule has 5 heteroatoms. The van der Waals surface area contributed by atoms with Gasteiger partial charge in [-0.2, -0.15) is 5.26 Å². The molecular formula is C16H21N3O2. The Morgan fingerprint density at radius 2 is 1.95 bits per heavy atom. The van der Waals surface area contributed by atoms with Crippen molar-refractivity contribution in [1.29, 1.82) is 5.26 Å². The summed E-state index contributed by atoms with van der Waals surface area (Å²) in [4.78, 5) is 6.94. The predicted octanol–water partition coefficient (Wildman–Crippen LogP) is 1.95. The highest BCUT2D eigenvalue weighted by Crippen LogP contribution is 2.36. The van der Waals surface area contributed by atoms with Crippen LogP contribution in [0.25, 0.3) is 0 Å². The lowest BCUT2D eigenvalue weighted by Crippen LogP contribution is -2.39. The third kappa shape index (κ3) is 2.61. The van der Waals surface area contributed by atoms with Crippen molar-refractivity contribution >= 4 is 5.82 Å². The highest BCUT2D eigenvalue weighted by molar-refractivity contribution is 5.59. The van der Waals surface area contributed by atoms with E-state index in [-0.39, 0.29) is 5.60 Å². The molecule has 0 N–H and O–H groups in total. The molecule has 2 aliphatic rings. The number of nitriles is 1. The summed E-state index contributed by atoms with van der Waals surface area (Å²) >= 11 is 0. The summed E-state index contributed by atoms with van der Waals surface area (Å²) in [5, 5.41) is 9.48. The Morgan fingerprint density at radius 1 is 1.24 bits per heavy atom. The van der Waals surface area contributed by atoms with E-state index in [1.54, 1.807) is 0 Å². The summed E-state index contributed by atoms with van der Waals surface area (Å²) < 4.78 is 11.4. The lowest BCUT2D eigenvalue weighted by Gasteiger charge is -2.36. The standard InChI is InChI=1S/C16H21N3O2/c1-11-13(9-17)12-8-16(2,3)21-10-14(12)15(18-11)19-4-6-20-7-5-19/h4-8,10H2,1-3H3. The molecule has 1 aromatic rings. The van der Waals surface area contributed by atoms with Gasteiger partial charge in [-0.25, -0.2) is 4.98 Å². The van der Waals surface area contributed by atoms with E-state index < -0.39 is 0 Å². The van der Waals surface area contributed by atoms with Crippen molar-refractivity contribution in [2.45, 2.75) is 39.4 Å². The maximum atomic E-state index is 9.48. The highest BCUT2D eigenvalue weighted by atomic mass is 16.5. The van der Waals surface area contributed by atoms with Crippen molar-refractivity contribution in [3.8, 4) is 6.07 Å². The van der Waals surface area contributed by atoms with E-state index in [1.165, 1.54) is 0 Å². The number of pyridine rings is 1. The number of morpholine rings is 1. The minimum atomic E-state index is -0.228. The maximum absolute atomic E-state index is 9.48. The number of rotatable bonds is 1. The highest BCUT2D eigenvalue weighted by Gasteiger charge is 2.32. The number of hydrogen-bond donors (Lipinski definition) is 0. The molecule has 0 aromatic carbocycles. The summed E-state index contributed by atoms with van der Waals surface area (Å²) in [6, 6.07) is 2.33. The van der Waals surface area contributed by atoms with Crippen molar-refractivity contribution < 1.29 is 9.47 Å². The van der Waals surface area contributed by atoms with Crippen LogP contribution in [0.2, 0.25) is 0 Å². The van der Waals surface area contributed by atoms with Crippen LogP contribution in [0.4, 0.5) is 5.82 Å². The van der Waals surface area contributed by atoms with E-state index in [2.05, 4.69) is 24.8 Å². The smallest absolute Gasteiger partial charge is 0.134 e. The fourth-order valence-electron chi connectivity index (χ4n) is 3.06. The average Bonchev–Trinajstić information content (AvgIpc) is 2.46. The molecule has 0 radical (unpaired) electrons. The van der Waals surface area contributed by atoms with Crippen molar-refractivity contribution in [1.82, 2.24) is 4.98 Å². The quantitative estimate of drug-likeness (QED) is 0.790. The van der Waals surface area contributed by atoms with Crippen molar-refractivity contribution in [2.24, 2.45) is 0 Å². The van der Waals surface area contributed by atoms with Gasteiger partial charge < -0.3 is 14.4 Å². The second kappa shape index (κ2) is 5.28. The van der Waals surface area contributed by atoms with E-state index in [0.29, 0.717) is 6.61 Å². The number of anilines is 1. The molecule has 0 bridgehead atoms. The first kappa shape index (κ1) is 14.3. The summed E-state index contributed by atoms with van der Waals surface area (Å²) in [7, 11) is 0. The zero-order valence-corrected chi connectivity index (χ0v) is 12.9. The Bertz CT molecular complexity index is 599. The van der Waals surface area contributed by atoms with E-state index in [9.17, 15) is 5.26 Å². The van der Waals surface area contributed by atoms with Crippen LogP contribution in [0.5, 0.6) is 0 Å². The second-order valence-electron chi connectivity index (χ2n) is 6.29. The zero-order chi connectivity index (χ0) is 15.0. The van der Waals surface area contributed by atoms with Crippen LogP contribution >= 0.6 is 0 Å². The van der Waals surface area contributed by atoms with Gasteiger partial charge in [0.2, 0.25) is 0 Å². The first-order valence-electron chi connectivity index (χ1n) is 7.41. The molecule has 2 aliphatic heterocycles. The Kier molecular flexibility index (Phi) is 3.60. The van der Waals surface area contributed by atoms with Crippen LogP contribution in [-0.2, 0) is 22.5 Å². The fraction of sp³-hybridized carbons (Fsp3) is 0.625. The molecule has 21 heavy (non-hydrogen) atoms. The van der Waals surface area contributed by atoms with Gasteiger partial charge in [0.05, 0.1) is 36.7 Å². The molecule has 1 fully saturated rings.